The Labute approximate surface area is 194 Å². The zero-order chi connectivity index (χ0) is 22.2. The fraction of sp³-hybridized carbons (Fsp3) is 0.591. The molecule has 10 heteroatoms. The standard InChI is InChI=1S/C22H27N5O3S2/c1-12(2)18-25-26-21(30-18)23-16(28)11-32-22-24-19-17(15(10-31-19)13-8-9-13)20(29)27(22)14-6-4-3-5-7-14/h10,12-14H,3-9,11H2,1-2H3,(H,23,26,28). The van der Waals surface area contributed by atoms with Crippen LogP contribution in [0.3, 0.4) is 0 Å². The fourth-order valence-corrected chi connectivity index (χ4v) is 6.20. The van der Waals surface area contributed by atoms with E-state index in [1.54, 1.807) is 0 Å². The van der Waals surface area contributed by atoms with Gasteiger partial charge in [0.15, 0.2) is 5.16 Å². The van der Waals surface area contributed by atoms with Gasteiger partial charge in [-0.3, -0.25) is 19.5 Å². The van der Waals surface area contributed by atoms with Crippen molar-refractivity contribution in [2.75, 3.05) is 11.1 Å². The molecule has 2 aliphatic carbocycles. The fourth-order valence-electron chi connectivity index (χ4n) is 4.27. The highest BCUT2D eigenvalue weighted by molar-refractivity contribution is 7.99. The first-order valence-corrected chi connectivity index (χ1v) is 13.2. The van der Waals surface area contributed by atoms with Crippen molar-refractivity contribution in [3.05, 3.63) is 27.2 Å². The maximum absolute atomic E-state index is 13.6. The minimum absolute atomic E-state index is 0.0615. The van der Waals surface area contributed by atoms with Crippen LogP contribution in [0.15, 0.2) is 19.7 Å². The van der Waals surface area contributed by atoms with Gasteiger partial charge in [0, 0.05) is 12.0 Å². The monoisotopic (exact) mass is 473 g/mol. The molecule has 3 aromatic rings. The molecule has 0 aromatic carbocycles. The van der Waals surface area contributed by atoms with Crippen LogP contribution in [0.2, 0.25) is 0 Å². The quantitative estimate of drug-likeness (QED) is 0.377. The van der Waals surface area contributed by atoms with Crippen molar-refractivity contribution < 1.29 is 9.21 Å². The predicted molar refractivity (Wildman–Crippen MR) is 126 cm³/mol. The summed E-state index contributed by atoms with van der Waals surface area (Å²) in [5.74, 6) is 0.936. The second-order valence-electron chi connectivity index (χ2n) is 8.94. The Morgan fingerprint density at radius 3 is 2.72 bits per heavy atom. The molecule has 0 aliphatic heterocycles. The molecule has 3 heterocycles. The number of nitrogens with zero attached hydrogens (tertiary/aromatic N) is 4. The molecule has 0 radical (unpaired) electrons. The van der Waals surface area contributed by atoms with Crippen molar-refractivity contribution in [3.63, 3.8) is 0 Å². The van der Waals surface area contributed by atoms with Gasteiger partial charge in [0.25, 0.3) is 5.56 Å². The van der Waals surface area contributed by atoms with Gasteiger partial charge >= 0.3 is 6.01 Å². The third-order valence-corrected chi connectivity index (χ3v) is 7.95. The van der Waals surface area contributed by atoms with Crippen LogP contribution in [0, 0.1) is 0 Å². The van der Waals surface area contributed by atoms with Gasteiger partial charge in [-0.25, -0.2) is 4.98 Å². The molecule has 0 atom stereocenters. The van der Waals surface area contributed by atoms with Crippen LogP contribution >= 0.6 is 23.1 Å². The Kier molecular flexibility index (Phi) is 6.07. The summed E-state index contributed by atoms with van der Waals surface area (Å²) in [6.07, 6.45) is 7.72. The van der Waals surface area contributed by atoms with Crippen molar-refractivity contribution in [1.82, 2.24) is 19.7 Å². The smallest absolute Gasteiger partial charge is 0.322 e. The second kappa shape index (κ2) is 8.97. The van der Waals surface area contributed by atoms with Crippen LogP contribution in [0.5, 0.6) is 0 Å². The first kappa shape index (κ1) is 21.6. The zero-order valence-corrected chi connectivity index (χ0v) is 19.9. The Bertz CT molecular complexity index is 1190. The molecule has 5 rings (SSSR count). The van der Waals surface area contributed by atoms with E-state index in [9.17, 15) is 9.59 Å². The molecule has 0 unspecified atom stereocenters. The molecule has 2 fully saturated rings. The Morgan fingerprint density at radius 1 is 1.25 bits per heavy atom. The van der Waals surface area contributed by atoms with E-state index in [0.717, 1.165) is 48.7 Å². The second-order valence-corrected chi connectivity index (χ2v) is 10.7. The maximum atomic E-state index is 13.6. The van der Waals surface area contributed by atoms with Gasteiger partial charge in [-0.2, -0.15) is 0 Å². The summed E-state index contributed by atoms with van der Waals surface area (Å²) in [7, 11) is 0. The summed E-state index contributed by atoms with van der Waals surface area (Å²) in [6.45, 7) is 3.89. The minimum atomic E-state index is -0.261. The lowest BCUT2D eigenvalue weighted by Gasteiger charge is -2.26. The van der Waals surface area contributed by atoms with Gasteiger partial charge in [-0.05, 0) is 42.5 Å². The third kappa shape index (κ3) is 4.34. The number of hydrogen-bond acceptors (Lipinski definition) is 8. The highest BCUT2D eigenvalue weighted by atomic mass is 32.2. The van der Waals surface area contributed by atoms with E-state index < -0.39 is 0 Å². The summed E-state index contributed by atoms with van der Waals surface area (Å²) in [5, 5.41) is 14.0. The van der Waals surface area contributed by atoms with Crippen LogP contribution in [-0.4, -0.2) is 31.4 Å². The molecule has 3 aromatic heterocycles. The van der Waals surface area contributed by atoms with E-state index in [0.29, 0.717) is 17.0 Å². The Morgan fingerprint density at radius 2 is 2.03 bits per heavy atom. The number of nitrogens with one attached hydrogen (secondary N) is 1. The van der Waals surface area contributed by atoms with Gasteiger partial charge in [0.1, 0.15) is 4.83 Å². The van der Waals surface area contributed by atoms with E-state index >= 15 is 0 Å². The number of rotatable bonds is 7. The van der Waals surface area contributed by atoms with Gasteiger partial charge in [-0.15, -0.1) is 16.4 Å². The number of carbonyl (C=O) groups is 1. The lowest BCUT2D eigenvalue weighted by Crippen LogP contribution is -2.29. The number of thioether (sulfide) groups is 1. The number of hydrogen-bond donors (Lipinski definition) is 1. The average molecular weight is 474 g/mol. The van der Waals surface area contributed by atoms with Crippen LogP contribution < -0.4 is 10.9 Å². The topological polar surface area (TPSA) is 103 Å². The molecule has 170 valence electrons. The summed E-state index contributed by atoms with van der Waals surface area (Å²) >= 11 is 2.84. The van der Waals surface area contributed by atoms with Gasteiger partial charge in [0.2, 0.25) is 11.8 Å². The largest absolute Gasteiger partial charge is 0.408 e. The number of carbonyl (C=O) groups excluding carboxylic acids is 1. The zero-order valence-electron chi connectivity index (χ0n) is 18.3. The summed E-state index contributed by atoms with van der Waals surface area (Å²) in [4.78, 5) is 31.8. The summed E-state index contributed by atoms with van der Waals surface area (Å²) in [6, 6.07) is 0.245. The van der Waals surface area contributed by atoms with Gasteiger partial charge < -0.3 is 4.42 Å². The number of thiophene rings is 1. The molecule has 0 bridgehead atoms. The highest BCUT2D eigenvalue weighted by Gasteiger charge is 2.30. The highest BCUT2D eigenvalue weighted by Crippen LogP contribution is 2.44. The molecular formula is C22H27N5O3S2. The average Bonchev–Trinajstić information content (AvgIpc) is 3.36. The third-order valence-electron chi connectivity index (χ3n) is 6.11. The van der Waals surface area contributed by atoms with E-state index in [4.69, 9.17) is 9.40 Å². The van der Waals surface area contributed by atoms with Crippen molar-refractivity contribution >= 4 is 45.2 Å². The number of fused-ring (bicyclic) bond motifs is 1. The molecule has 2 aliphatic rings. The molecule has 32 heavy (non-hydrogen) atoms. The van der Waals surface area contributed by atoms with Gasteiger partial charge in [0.05, 0.1) is 11.1 Å². The van der Waals surface area contributed by atoms with E-state index in [2.05, 4.69) is 20.9 Å². The maximum Gasteiger partial charge on any atom is 0.322 e. The summed E-state index contributed by atoms with van der Waals surface area (Å²) < 4.78 is 7.34. The van der Waals surface area contributed by atoms with Crippen molar-refractivity contribution in [2.45, 2.75) is 81.8 Å². The lowest BCUT2D eigenvalue weighted by molar-refractivity contribution is -0.113. The molecule has 0 spiro atoms. The predicted octanol–water partition coefficient (Wildman–Crippen LogP) is 5.08. The van der Waals surface area contributed by atoms with E-state index in [-0.39, 0.29) is 35.2 Å². The van der Waals surface area contributed by atoms with Crippen LogP contribution in [-0.2, 0) is 4.79 Å². The number of aromatic nitrogens is 4. The first-order valence-electron chi connectivity index (χ1n) is 11.3. The summed E-state index contributed by atoms with van der Waals surface area (Å²) in [5.41, 5.74) is 1.23. The molecular weight excluding hydrogens is 446 g/mol. The van der Waals surface area contributed by atoms with Crippen LogP contribution in [0.25, 0.3) is 10.2 Å². The molecule has 0 saturated heterocycles. The van der Waals surface area contributed by atoms with Crippen molar-refractivity contribution in [1.29, 1.82) is 0 Å². The Balaban J connectivity index is 1.40. The van der Waals surface area contributed by atoms with Crippen LogP contribution in [0.1, 0.15) is 88.1 Å². The molecule has 1 N–H and O–H groups in total. The van der Waals surface area contributed by atoms with E-state index in [1.807, 2.05) is 18.4 Å². The Hall–Kier alpha value is -2.20. The SMILES string of the molecule is CC(C)c1nnc(NC(=O)CSc2nc3scc(C4CC4)c3c(=O)n2C2CCCCC2)o1. The minimum Gasteiger partial charge on any atom is -0.408 e. The molecule has 1 amide bonds. The molecule has 8 nitrogen and oxygen atoms in total. The van der Waals surface area contributed by atoms with E-state index in [1.165, 1.54) is 35.1 Å². The number of amides is 1. The van der Waals surface area contributed by atoms with Crippen molar-refractivity contribution in [2.24, 2.45) is 0 Å². The first-order chi connectivity index (χ1) is 15.5. The van der Waals surface area contributed by atoms with Gasteiger partial charge in [-0.1, -0.05) is 50.0 Å². The van der Waals surface area contributed by atoms with Crippen molar-refractivity contribution in [3.8, 4) is 0 Å². The number of anilines is 1. The lowest BCUT2D eigenvalue weighted by atomic mass is 9.95. The normalized spacial score (nSPS) is 17.3. The molecule has 2 saturated carbocycles. The van der Waals surface area contributed by atoms with Crippen LogP contribution in [0.4, 0.5) is 6.01 Å².